The number of nitrogens with zero attached hydrogens (tertiary/aromatic N) is 1. The van der Waals surface area contributed by atoms with Crippen LogP contribution in [0.1, 0.15) is 31.9 Å². The molecule has 3 atom stereocenters. The number of nitrogens with two attached hydrogens (primary N) is 1. The van der Waals surface area contributed by atoms with Crippen LogP contribution in [0.15, 0.2) is 18.2 Å². The predicted octanol–water partition coefficient (Wildman–Crippen LogP) is 3.22. The molecule has 1 heterocycles. The second-order valence-electron chi connectivity index (χ2n) is 5.49. The predicted molar refractivity (Wildman–Crippen MR) is 80.8 cm³/mol. The molecular formula is C15H23ClN2O. The van der Waals surface area contributed by atoms with Crippen LogP contribution in [0.3, 0.4) is 0 Å². The number of halogens is 1. The largest absolute Gasteiger partial charge is 0.379 e. The van der Waals surface area contributed by atoms with E-state index in [1.165, 1.54) is 0 Å². The maximum absolute atomic E-state index is 6.40. The zero-order valence-electron chi connectivity index (χ0n) is 11.9. The van der Waals surface area contributed by atoms with E-state index >= 15 is 0 Å². The van der Waals surface area contributed by atoms with Gasteiger partial charge in [0.15, 0.2) is 0 Å². The normalized spacial score (nSPS) is 25.4. The van der Waals surface area contributed by atoms with Crippen molar-refractivity contribution in [3.63, 3.8) is 0 Å². The van der Waals surface area contributed by atoms with Gasteiger partial charge in [-0.15, -0.1) is 0 Å². The van der Waals surface area contributed by atoms with Gasteiger partial charge < -0.3 is 15.4 Å². The first-order valence-electron chi connectivity index (χ1n) is 6.85. The lowest BCUT2D eigenvalue weighted by Gasteiger charge is -2.38. The SMILES string of the molecule is COC1CN(c2ccc(C(C)N)cc2Cl)CCC1C. The van der Waals surface area contributed by atoms with Crippen LogP contribution in [-0.2, 0) is 4.74 Å². The summed E-state index contributed by atoms with van der Waals surface area (Å²) in [5, 5.41) is 0.777. The molecule has 1 saturated heterocycles. The second kappa shape index (κ2) is 6.12. The van der Waals surface area contributed by atoms with Crippen LogP contribution in [0.5, 0.6) is 0 Å². The van der Waals surface area contributed by atoms with Gasteiger partial charge in [0.1, 0.15) is 0 Å². The first-order chi connectivity index (χ1) is 9.02. The Hall–Kier alpha value is -0.770. The molecule has 1 aromatic rings. The van der Waals surface area contributed by atoms with Crippen LogP contribution in [0.25, 0.3) is 0 Å². The highest BCUT2D eigenvalue weighted by atomic mass is 35.5. The van der Waals surface area contributed by atoms with E-state index in [1.54, 1.807) is 7.11 Å². The number of benzene rings is 1. The maximum Gasteiger partial charge on any atom is 0.0772 e. The molecule has 1 aliphatic rings. The summed E-state index contributed by atoms with van der Waals surface area (Å²) in [6.45, 7) is 6.13. The van der Waals surface area contributed by atoms with Crippen LogP contribution < -0.4 is 10.6 Å². The number of hydrogen-bond donors (Lipinski definition) is 1. The lowest BCUT2D eigenvalue weighted by Crippen LogP contribution is -2.44. The van der Waals surface area contributed by atoms with Gasteiger partial charge in [0.25, 0.3) is 0 Å². The first-order valence-corrected chi connectivity index (χ1v) is 7.23. The number of methoxy groups -OCH3 is 1. The summed E-state index contributed by atoms with van der Waals surface area (Å²) >= 11 is 6.40. The van der Waals surface area contributed by atoms with Gasteiger partial charge in [0.05, 0.1) is 16.8 Å². The monoisotopic (exact) mass is 282 g/mol. The average Bonchev–Trinajstić information content (AvgIpc) is 2.39. The number of rotatable bonds is 3. The Morgan fingerprint density at radius 1 is 1.47 bits per heavy atom. The lowest BCUT2D eigenvalue weighted by atomic mass is 9.95. The molecule has 1 fully saturated rings. The Morgan fingerprint density at radius 3 is 2.79 bits per heavy atom. The molecule has 0 spiro atoms. The molecule has 2 N–H and O–H groups in total. The summed E-state index contributed by atoms with van der Waals surface area (Å²) < 4.78 is 5.55. The van der Waals surface area contributed by atoms with Gasteiger partial charge in [0, 0.05) is 26.2 Å². The standard InChI is InChI=1S/C15H23ClN2O/c1-10-6-7-18(9-15(10)19-3)14-5-4-12(11(2)17)8-13(14)16/h4-5,8,10-11,15H,6-7,9,17H2,1-3H3. The average molecular weight is 283 g/mol. The lowest BCUT2D eigenvalue weighted by molar-refractivity contribution is 0.0498. The summed E-state index contributed by atoms with van der Waals surface area (Å²) in [4.78, 5) is 2.31. The van der Waals surface area contributed by atoms with Gasteiger partial charge in [-0.05, 0) is 37.0 Å². The van der Waals surface area contributed by atoms with Crippen molar-refractivity contribution < 1.29 is 4.74 Å². The molecule has 19 heavy (non-hydrogen) atoms. The quantitative estimate of drug-likeness (QED) is 0.925. The van der Waals surface area contributed by atoms with Gasteiger partial charge >= 0.3 is 0 Å². The van der Waals surface area contributed by atoms with Crippen molar-refractivity contribution in [2.45, 2.75) is 32.4 Å². The Bertz CT molecular complexity index is 436. The highest BCUT2D eigenvalue weighted by Gasteiger charge is 2.27. The van der Waals surface area contributed by atoms with E-state index in [-0.39, 0.29) is 12.1 Å². The van der Waals surface area contributed by atoms with Crippen LogP contribution in [0.4, 0.5) is 5.69 Å². The third kappa shape index (κ3) is 3.22. The Labute approximate surface area is 120 Å². The molecular weight excluding hydrogens is 260 g/mol. The van der Waals surface area contributed by atoms with E-state index in [0.717, 1.165) is 35.8 Å². The molecule has 0 amide bonds. The third-order valence-corrected chi connectivity index (χ3v) is 4.33. The maximum atomic E-state index is 6.40. The molecule has 0 aromatic heterocycles. The fourth-order valence-corrected chi connectivity index (χ4v) is 2.93. The highest BCUT2D eigenvalue weighted by molar-refractivity contribution is 6.33. The van der Waals surface area contributed by atoms with Crippen LogP contribution >= 0.6 is 11.6 Å². The minimum absolute atomic E-state index is 0.0136. The molecule has 3 nitrogen and oxygen atoms in total. The molecule has 106 valence electrons. The topological polar surface area (TPSA) is 38.5 Å². The van der Waals surface area contributed by atoms with E-state index in [4.69, 9.17) is 22.1 Å². The highest BCUT2D eigenvalue weighted by Crippen LogP contribution is 2.32. The van der Waals surface area contributed by atoms with Crippen LogP contribution in [0.2, 0.25) is 5.02 Å². The fraction of sp³-hybridized carbons (Fsp3) is 0.600. The first kappa shape index (κ1) is 14.6. The minimum Gasteiger partial charge on any atom is -0.379 e. The summed E-state index contributed by atoms with van der Waals surface area (Å²) in [7, 11) is 1.78. The van der Waals surface area contributed by atoms with E-state index < -0.39 is 0 Å². The number of hydrogen-bond acceptors (Lipinski definition) is 3. The molecule has 0 radical (unpaired) electrons. The molecule has 0 saturated carbocycles. The molecule has 1 aromatic carbocycles. The molecule has 0 bridgehead atoms. The van der Waals surface area contributed by atoms with E-state index in [1.807, 2.05) is 13.0 Å². The number of anilines is 1. The molecule has 2 rings (SSSR count). The number of ether oxygens (including phenoxy) is 1. The molecule has 1 aliphatic heterocycles. The van der Waals surface area contributed by atoms with Crippen molar-refractivity contribution in [1.82, 2.24) is 0 Å². The summed E-state index contributed by atoms with van der Waals surface area (Å²) in [5.41, 5.74) is 8.04. The summed E-state index contributed by atoms with van der Waals surface area (Å²) in [6.07, 6.45) is 1.40. The zero-order chi connectivity index (χ0) is 14.0. The van der Waals surface area contributed by atoms with Gasteiger partial charge in [-0.3, -0.25) is 0 Å². The van der Waals surface area contributed by atoms with Crippen molar-refractivity contribution in [3.8, 4) is 0 Å². The fourth-order valence-electron chi connectivity index (χ4n) is 2.62. The van der Waals surface area contributed by atoms with Gasteiger partial charge in [-0.1, -0.05) is 24.6 Å². The van der Waals surface area contributed by atoms with Gasteiger partial charge in [-0.2, -0.15) is 0 Å². The molecule has 4 heteroatoms. The third-order valence-electron chi connectivity index (χ3n) is 4.03. The van der Waals surface area contributed by atoms with Crippen molar-refractivity contribution >= 4 is 17.3 Å². The smallest absolute Gasteiger partial charge is 0.0772 e. The van der Waals surface area contributed by atoms with Crippen molar-refractivity contribution in [1.29, 1.82) is 0 Å². The second-order valence-corrected chi connectivity index (χ2v) is 5.89. The number of piperidine rings is 1. The molecule has 0 aliphatic carbocycles. The summed E-state index contributed by atoms with van der Waals surface area (Å²) in [5.74, 6) is 0.600. The van der Waals surface area contributed by atoms with Gasteiger partial charge in [-0.25, -0.2) is 0 Å². The van der Waals surface area contributed by atoms with Crippen molar-refractivity contribution in [3.05, 3.63) is 28.8 Å². The van der Waals surface area contributed by atoms with E-state index in [9.17, 15) is 0 Å². The van der Waals surface area contributed by atoms with E-state index in [0.29, 0.717) is 5.92 Å². The van der Waals surface area contributed by atoms with Crippen LogP contribution in [-0.4, -0.2) is 26.3 Å². The van der Waals surface area contributed by atoms with Crippen molar-refractivity contribution in [2.24, 2.45) is 11.7 Å². The minimum atomic E-state index is 0.0136. The Kier molecular flexibility index (Phi) is 4.71. The van der Waals surface area contributed by atoms with Gasteiger partial charge in [0.2, 0.25) is 0 Å². The zero-order valence-corrected chi connectivity index (χ0v) is 12.7. The summed E-state index contributed by atoms with van der Waals surface area (Å²) in [6, 6.07) is 6.12. The van der Waals surface area contributed by atoms with Crippen LogP contribution in [0, 0.1) is 5.92 Å². The Morgan fingerprint density at radius 2 is 2.21 bits per heavy atom. The van der Waals surface area contributed by atoms with E-state index in [2.05, 4.69) is 24.0 Å². The van der Waals surface area contributed by atoms with Crippen molar-refractivity contribution in [2.75, 3.05) is 25.1 Å². The Balaban J connectivity index is 2.18. The molecule has 3 unspecified atom stereocenters.